The summed E-state index contributed by atoms with van der Waals surface area (Å²) < 4.78 is 1.28. The number of carbonyl (C=O) groups excluding carboxylic acids is 1. The topological polar surface area (TPSA) is 151 Å². The largest absolute Gasteiger partial charge is 0.481 e. The van der Waals surface area contributed by atoms with Crippen LogP contribution in [0.3, 0.4) is 0 Å². The van der Waals surface area contributed by atoms with Crippen molar-refractivity contribution in [2.75, 3.05) is 18.1 Å². The van der Waals surface area contributed by atoms with E-state index in [1.165, 1.54) is 21.2 Å². The normalized spacial score (nSPS) is 27.2. The maximum Gasteiger partial charge on any atom is 0.330 e. The molecule has 2 aliphatic heterocycles. The zero-order valence-corrected chi connectivity index (χ0v) is 16.3. The predicted molar refractivity (Wildman–Crippen MR) is 101 cm³/mol. The van der Waals surface area contributed by atoms with Gasteiger partial charge in [-0.3, -0.25) is 23.7 Å². The number of hydrogen-bond acceptors (Lipinski definition) is 8. The van der Waals surface area contributed by atoms with Crippen LogP contribution >= 0.6 is 23.5 Å². The highest BCUT2D eigenvalue weighted by molar-refractivity contribution is 8.00. The van der Waals surface area contributed by atoms with Crippen molar-refractivity contribution in [1.82, 2.24) is 19.7 Å². The van der Waals surface area contributed by atoms with Crippen molar-refractivity contribution in [3.05, 3.63) is 20.7 Å². The minimum absolute atomic E-state index is 0.0715. The number of fused-ring (bicyclic) bond motifs is 1. The van der Waals surface area contributed by atoms with Crippen LogP contribution in [0.4, 0.5) is 0 Å². The number of carbonyl (C=O) groups is 2. The number of nitrogens with one attached hydrogen (secondary N) is 1. The van der Waals surface area contributed by atoms with Crippen molar-refractivity contribution in [1.29, 1.82) is 0 Å². The van der Waals surface area contributed by atoms with Crippen LogP contribution in [-0.2, 0) is 16.1 Å². The Morgan fingerprint density at radius 3 is 2.89 bits per heavy atom. The molecule has 0 bridgehead atoms. The molecule has 10 nitrogen and oxygen atoms in total. The van der Waals surface area contributed by atoms with Crippen molar-refractivity contribution in [3.63, 3.8) is 0 Å². The molecule has 12 heteroatoms. The van der Waals surface area contributed by atoms with E-state index >= 15 is 0 Å². The Hall–Kier alpha value is -1.79. The predicted octanol–water partition coefficient (Wildman–Crippen LogP) is -0.863. The van der Waals surface area contributed by atoms with E-state index in [2.05, 4.69) is 10.2 Å². The summed E-state index contributed by atoms with van der Waals surface area (Å²) in [5.41, 5.74) is 3.07. The van der Waals surface area contributed by atoms with Gasteiger partial charge in [-0.05, 0) is 6.42 Å². The molecule has 0 saturated carbocycles. The fourth-order valence-electron chi connectivity index (χ4n) is 3.05. The Kier molecular flexibility index (Phi) is 5.68. The van der Waals surface area contributed by atoms with Gasteiger partial charge in [-0.15, -0.1) is 16.9 Å². The number of hydrogen-bond donors (Lipinski definition) is 3. The Morgan fingerprint density at radius 2 is 2.22 bits per heavy atom. The lowest BCUT2D eigenvalue weighted by Crippen LogP contribution is -2.72. The maximum absolute atomic E-state index is 12.1. The quantitative estimate of drug-likeness (QED) is 0.293. The number of aliphatic carboxylic acids is 1. The average Bonchev–Trinajstić information content (AvgIpc) is 2.67. The minimum Gasteiger partial charge on any atom is -0.481 e. The van der Waals surface area contributed by atoms with E-state index in [1.807, 2.05) is 6.92 Å². The Labute approximate surface area is 162 Å². The lowest BCUT2D eigenvalue weighted by Gasteiger charge is -2.52. The van der Waals surface area contributed by atoms with E-state index < -0.39 is 28.5 Å². The standard InChI is InChI=1S/C15H21N5O5S2/c1-2-3-4-19-11(23)9(21)17-18-14(19)27-7-15(13(24)25)5-20-10(22)8(16)12(20)26-6-15/h8,12H,2-7,16H2,1H3,(H,17,21)(H,24,25)/t8?,12-,15?/m1/s1. The second-order valence-electron chi connectivity index (χ2n) is 6.71. The highest BCUT2D eigenvalue weighted by Crippen LogP contribution is 2.43. The Morgan fingerprint density at radius 1 is 1.48 bits per heavy atom. The fraction of sp³-hybridized carbons (Fsp3) is 0.667. The third-order valence-corrected chi connectivity index (χ3v) is 7.65. The first-order valence-corrected chi connectivity index (χ1v) is 10.6. The van der Waals surface area contributed by atoms with Gasteiger partial charge in [-0.1, -0.05) is 25.1 Å². The van der Waals surface area contributed by atoms with E-state index in [1.54, 1.807) is 0 Å². The number of carboxylic acid groups (broad SMARTS) is 1. The summed E-state index contributed by atoms with van der Waals surface area (Å²) in [4.78, 5) is 49.1. The number of unbranched alkanes of at least 4 members (excludes halogenated alkanes) is 1. The number of amides is 1. The molecule has 148 valence electrons. The van der Waals surface area contributed by atoms with Crippen LogP contribution in [0.2, 0.25) is 0 Å². The zero-order valence-electron chi connectivity index (χ0n) is 14.7. The SMILES string of the molecule is CCCCn1c(SCC2(C(=O)O)CS[C@@H]3C(N)C(=O)N3C2)n[nH]c(=O)c1=O. The molecule has 4 N–H and O–H groups in total. The molecule has 3 atom stereocenters. The van der Waals surface area contributed by atoms with Crippen LogP contribution in [0.1, 0.15) is 19.8 Å². The van der Waals surface area contributed by atoms with E-state index in [0.717, 1.165) is 18.2 Å². The second-order valence-corrected chi connectivity index (χ2v) is 8.76. The second kappa shape index (κ2) is 7.68. The third kappa shape index (κ3) is 3.52. The number of carboxylic acids is 1. The number of β-lactam (4-membered cyclic amide) rings is 1. The number of thioether (sulfide) groups is 2. The van der Waals surface area contributed by atoms with Crippen molar-refractivity contribution in [3.8, 4) is 0 Å². The summed E-state index contributed by atoms with van der Waals surface area (Å²) in [6, 6.07) is -0.575. The van der Waals surface area contributed by atoms with Gasteiger partial charge in [0.2, 0.25) is 5.91 Å². The molecule has 0 radical (unpaired) electrons. The first-order chi connectivity index (χ1) is 12.8. The van der Waals surface area contributed by atoms with Crippen molar-refractivity contribution in [2.45, 2.75) is 42.9 Å². The van der Waals surface area contributed by atoms with Crippen LogP contribution in [0.5, 0.6) is 0 Å². The molecule has 2 fully saturated rings. The highest BCUT2D eigenvalue weighted by atomic mass is 32.2. The van der Waals surface area contributed by atoms with Crippen LogP contribution in [0.25, 0.3) is 0 Å². The third-order valence-electron chi connectivity index (χ3n) is 4.78. The molecule has 1 amide bonds. The molecule has 2 aliphatic rings. The van der Waals surface area contributed by atoms with Gasteiger partial charge in [0.25, 0.3) is 0 Å². The lowest BCUT2D eigenvalue weighted by atomic mass is 9.89. The van der Waals surface area contributed by atoms with E-state index in [0.29, 0.717) is 18.7 Å². The summed E-state index contributed by atoms with van der Waals surface area (Å²) in [5.74, 6) is -0.836. The van der Waals surface area contributed by atoms with E-state index in [9.17, 15) is 24.3 Å². The molecular formula is C15H21N5O5S2. The van der Waals surface area contributed by atoms with Crippen molar-refractivity contribution < 1.29 is 14.7 Å². The van der Waals surface area contributed by atoms with Gasteiger partial charge in [-0.25, -0.2) is 5.10 Å². The molecule has 2 saturated heterocycles. The molecule has 0 aliphatic carbocycles. The summed E-state index contributed by atoms with van der Waals surface area (Å²) in [5, 5.41) is 16.0. The monoisotopic (exact) mass is 415 g/mol. The lowest BCUT2D eigenvalue weighted by molar-refractivity contribution is -0.155. The van der Waals surface area contributed by atoms with Crippen molar-refractivity contribution in [2.24, 2.45) is 11.1 Å². The molecule has 3 heterocycles. The number of aromatic nitrogens is 3. The highest BCUT2D eigenvalue weighted by Gasteiger charge is 2.55. The summed E-state index contributed by atoms with van der Waals surface area (Å²) >= 11 is 2.46. The van der Waals surface area contributed by atoms with Crippen LogP contribution in [-0.4, -0.2) is 66.1 Å². The van der Waals surface area contributed by atoms with E-state index in [4.69, 9.17) is 5.73 Å². The first kappa shape index (κ1) is 20.0. The van der Waals surface area contributed by atoms with Gasteiger partial charge in [-0.2, -0.15) is 0 Å². The first-order valence-electron chi connectivity index (χ1n) is 8.54. The molecule has 2 unspecified atom stereocenters. The number of H-pyrrole nitrogens is 1. The van der Waals surface area contributed by atoms with Crippen LogP contribution in [0.15, 0.2) is 14.7 Å². The number of rotatable bonds is 7. The van der Waals surface area contributed by atoms with Gasteiger partial charge in [0.15, 0.2) is 5.16 Å². The number of nitrogens with two attached hydrogens (primary N) is 1. The molecular weight excluding hydrogens is 394 g/mol. The molecule has 1 aromatic heterocycles. The maximum atomic E-state index is 12.1. The summed E-state index contributed by atoms with van der Waals surface area (Å²) in [6.45, 7) is 2.37. The number of aromatic amines is 1. The Bertz CT molecular complexity index is 871. The molecule has 0 aromatic carbocycles. The molecule has 1 aromatic rings. The van der Waals surface area contributed by atoms with Crippen LogP contribution in [0, 0.1) is 5.41 Å². The fourth-order valence-corrected chi connectivity index (χ4v) is 5.83. The van der Waals surface area contributed by atoms with Gasteiger partial charge in [0, 0.05) is 24.6 Å². The minimum atomic E-state index is -1.18. The Balaban J connectivity index is 1.81. The van der Waals surface area contributed by atoms with Gasteiger partial charge in [0.05, 0.1) is 0 Å². The van der Waals surface area contributed by atoms with Gasteiger partial charge >= 0.3 is 17.1 Å². The summed E-state index contributed by atoms with van der Waals surface area (Å²) in [6.07, 6.45) is 1.53. The van der Waals surface area contributed by atoms with Crippen molar-refractivity contribution >= 4 is 35.4 Å². The van der Waals surface area contributed by atoms with Crippen LogP contribution < -0.4 is 16.9 Å². The smallest absolute Gasteiger partial charge is 0.330 e. The molecule has 27 heavy (non-hydrogen) atoms. The van der Waals surface area contributed by atoms with Gasteiger partial charge in [0.1, 0.15) is 16.8 Å². The number of nitrogens with zero attached hydrogens (tertiary/aromatic N) is 3. The van der Waals surface area contributed by atoms with E-state index in [-0.39, 0.29) is 28.7 Å². The van der Waals surface area contributed by atoms with Gasteiger partial charge < -0.3 is 15.7 Å². The summed E-state index contributed by atoms with van der Waals surface area (Å²) in [7, 11) is 0. The molecule has 0 spiro atoms. The zero-order chi connectivity index (χ0) is 19.8. The average molecular weight is 415 g/mol. The molecule has 3 rings (SSSR count).